The lowest BCUT2D eigenvalue weighted by atomic mass is 9.99. The summed E-state index contributed by atoms with van der Waals surface area (Å²) in [7, 11) is 0. The van der Waals surface area contributed by atoms with Gasteiger partial charge in [-0.1, -0.05) is 34.2 Å². The third-order valence-corrected chi connectivity index (χ3v) is 4.84. The van der Waals surface area contributed by atoms with Crippen LogP contribution in [0, 0.1) is 0 Å². The van der Waals surface area contributed by atoms with Gasteiger partial charge in [-0.3, -0.25) is 14.4 Å². The number of halogens is 2. The van der Waals surface area contributed by atoms with Crippen LogP contribution in [0.15, 0.2) is 24.3 Å². The van der Waals surface area contributed by atoms with E-state index in [0.717, 1.165) is 0 Å². The highest BCUT2D eigenvalue weighted by atomic mass is 127. The van der Waals surface area contributed by atoms with Gasteiger partial charge in [-0.05, 0) is 24.3 Å². The van der Waals surface area contributed by atoms with Gasteiger partial charge >= 0.3 is 17.9 Å². The topological polar surface area (TPSA) is 97.4 Å². The van der Waals surface area contributed by atoms with Crippen LogP contribution in [0.2, 0.25) is 5.02 Å². The van der Waals surface area contributed by atoms with Gasteiger partial charge in [0.2, 0.25) is 12.4 Å². The van der Waals surface area contributed by atoms with Crippen LogP contribution in [0.3, 0.4) is 0 Å². The Morgan fingerprint density at radius 2 is 1.43 bits per heavy atom. The summed E-state index contributed by atoms with van der Waals surface area (Å²) in [6, 6.07) is 6.49. The normalized spacial score (nSPS) is 26.8. The second-order valence-corrected chi connectivity index (χ2v) is 7.31. The van der Waals surface area contributed by atoms with E-state index in [2.05, 4.69) is 22.6 Å². The molecule has 28 heavy (non-hydrogen) atoms. The van der Waals surface area contributed by atoms with Crippen molar-refractivity contribution in [2.45, 2.75) is 51.5 Å². The van der Waals surface area contributed by atoms with E-state index in [-0.39, 0.29) is 0 Å². The molecule has 1 aromatic rings. The predicted octanol–water partition coefficient (Wildman–Crippen LogP) is 2.67. The molecule has 0 bridgehead atoms. The van der Waals surface area contributed by atoms with Crippen molar-refractivity contribution < 1.29 is 38.1 Å². The Morgan fingerprint density at radius 3 is 1.93 bits per heavy atom. The lowest BCUT2D eigenvalue weighted by Crippen LogP contribution is -2.63. The molecule has 0 aliphatic carbocycles. The lowest BCUT2D eigenvalue weighted by Gasteiger charge is -2.43. The molecule has 154 valence electrons. The summed E-state index contributed by atoms with van der Waals surface area (Å²) in [6.45, 7) is 3.64. The van der Waals surface area contributed by atoms with Crippen LogP contribution in [0.1, 0.15) is 20.8 Å². The van der Waals surface area contributed by atoms with Crippen LogP contribution >= 0.6 is 34.2 Å². The summed E-state index contributed by atoms with van der Waals surface area (Å²) in [4.78, 5) is 34.9. The van der Waals surface area contributed by atoms with Gasteiger partial charge in [-0.25, -0.2) is 0 Å². The molecule has 1 saturated heterocycles. The molecule has 0 aromatic heterocycles. The fourth-order valence-corrected chi connectivity index (χ4v) is 3.56. The zero-order chi connectivity index (χ0) is 20.8. The Morgan fingerprint density at radius 1 is 0.929 bits per heavy atom. The van der Waals surface area contributed by atoms with Crippen molar-refractivity contribution in [3.05, 3.63) is 29.3 Å². The standard InChI is InChI=1S/C18H20ClIO8/c1-9(21)24-15-14(8-20)28-18(27-13-6-4-12(19)5-7-13)17(26-11(3)23)16(15)25-10(2)22/h4-7,14-18H,8H2,1-3H3/t14?,15-,16+,17-,18?/m1/s1. The summed E-state index contributed by atoms with van der Waals surface area (Å²) in [5, 5.41) is 0.520. The molecule has 1 heterocycles. The third kappa shape index (κ3) is 6.21. The first kappa shape index (κ1) is 22.7. The van der Waals surface area contributed by atoms with Crippen molar-refractivity contribution >= 4 is 52.1 Å². The average Bonchev–Trinajstić information content (AvgIpc) is 2.60. The first-order chi connectivity index (χ1) is 13.2. The number of esters is 3. The van der Waals surface area contributed by atoms with Gasteiger partial charge in [0.15, 0.2) is 12.2 Å². The zero-order valence-corrected chi connectivity index (χ0v) is 18.3. The van der Waals surface area contributed by atoms with Gasteiger partial charge in [0, 0.05) is 30.2 Å². The van der Waals surface area contributed by atoms with Crippen molar-refractivity contribution in [1.29, 1.82) is 0 Å². The minimum Gasteiger partial charge on any atom is -0.461 e. The van der Waals surface area contributed by atoms with Crippen molar-refractivity contribution in [1.82, 2.24) is 0 Å². The molecule has 1 aliphatic rings. The molecule has 0 amide bonds. The fraction of sp³-hybridized carbons (Fsp3) is 0.500. The van der Waals surface area contributed by atoms with Crippen molar-refractivity contribution in [3.63, 3.8) is 0 Å². The van der Waals surface area contributed by atoms with Gasteiger partial charge in [0.1, 0.15) is 11.9 Å². The number of hydrogen-bond acceptors (Lipinski definition) is 8. The van der Waals surface area contributed by atoms with E-state index in [4.69, 9.17) is 35.3 Å². The van der Waals surface area contributed by atoms with Crippen molar-refractivity contribution in [3.8, 4) is 5.75 Å². The quantitative estimate of drug-likeness (QED) is 0.242. The number of benzene rings is 1. The van der Waals surface area contributed by atoms with Gasteiger partial charge in [-0.2, -0.15) is 0 Å². The molecule has 1 fully saturated rings. The predicted molar refractivity (Wildman–Crippen MR) is 106 cm³/mol. The van der Waals surface area contributed by atoms with Gasteiger partial charge in [0.05, 0.1) is 0 Å². The molecule has 0 N–H and O–H groups in total. The molecule has 1 aliphatic heterocycles. The minimum atomic E-state index is -1.15. The maximum Gasteiger partial charge on any atom is 0.303 e. The molecule has 5 atom stereocenters. The summed E-state index contributed by atoms with van der Waals surface area (Å²) in [6.07, 6.45) is -4.97. The molecular weight excluding hydrogens is 507 g/mol. The van der Waals surface area contributed by atoms with Crippen LogP contribution in [0.25, 0.3) is 0 Å². The Hall–Kier alpha value is -1.59. The summed E-state index contributed by atoms with van der Waals surface area (Å²) < 4.78 is 28.1. The van der Waals surface area contributed by atoms with E-state index in [1.165, 1.54) is 20.8 Å². The lowest BCUT2D eigenvalue weighted by molar-refractivity contribution is -0.279. The highest BCUT2D eigenvalue weighted by Crippen LogP contribution is 2.31. The summed E-state index contributed by atoms with van der Waals surface area (Å²) in [5.74, 6) is -1.44. The summed E-state index contributed by atoms with van der Waals surface area (Å²) >= 11 is 7.94. The van der Waals surface area contributed by atoms with E-state index in [0.29, 0.717) is 15.2 Å². The average molecular weight is 527 g/mol. The highest BCUT2D eigenvalue weighted by molar-refractivity contribution is 14.1. The van der Waals surface area contributed by atoms with Crippen molar-refractivity contribution in [2.75, 3.05) is 4.43 Å². The van der Waals surface area contributed by atoms with Crippen LogP contribution < -0.4 is 4.74 Å². The number of hydrogen-bond donors (Lipinski definition) is 0. The minimum absolute atomic E-state index is 0.404. The number of carbonyl (C=O) groups excluding carboxylic acids is 3. The number of alkyl halides is 1. The highest BCUT2D eigenvalue weighted by Gasteiger charge is 2.52. The van der Waals surface area contributed by atoms with E-state index < -0.39 is 48.6 Å². The number of ether oxygens (including phenoxy) is 5. The Bertz CT molecular complexity index is 710. The van der Waals surface area contributed by atoms with E-state index in [1.807, 2.05) is 0 Å². The SMILES string of the molecule is CC(=O)O[C@H]1[C@H](OC(C)=O)C(CI)OC(Oc2ccc(Cl)cc2)[C@@H]1OC(C)=O. The second-order valence-electron chi connectivity index (χ2n) is 5.99. The first-order valence-corrected chi connectivity index (χ1v) is 10.3. The Balaban J connectivity index is 2.38. The molecule has 1 aromatic carbocycles. The Labute approximate surface area is 180 Å². The van der Waals surface area contributed by atoms with Crippen LogP contribution in [-0.4, -0.2) is 53.0 Å². The Kier molecular flexibility index (Phi) is 8.32. The first-order valence-electron chi connectivity index (χ1n) is 8.36. The number of rotatable bonds is 6. The van der Waals surface area contributed by atoms with E-state index in [1.54, 1.807) is 24.3 Å². The fourth-order valence-electron chi connectivity index (χ4n) is 2.72. The molecule has 10 heteroatoms. The van der Waals surface area contributed by atoms with Crippen LogP contribution in [0.5, 0.6) is 5.75 Å². The van der Waals surface area contributed by atoms with Gasteiger partial charge < -0.3 is 23.7 Å². The largest absolute Gasteiger partial charge is 0.461 e. The second kappa shape index (κ2) is 10.3. The van der Waals surface area contributed by atoms with E-state index >= 15 is 0 Å². The molecule has 8 nitrogen and oxygen atoms in total. The molecule has 2 unspecified atom stereocenters. The molecule has 0 radical (unpaired) electrons. The molecular formula is C18H20ClIO8. The van der Waals surface area contributed by atoms with Crippen LogP contribution in [0.4, 0.5) is 0 Å². The van der Waals surface area contributed by atoms with Gasteiger partial charge in [-0.15, -0.1) is 0 Å². The molecule has 2 rings (SSSR count). The van der Waals surface area contributed by atoms with Crippen molar-refractivity contribution in [2.24, 2.45) is 0 Å². The maximum absolute atomic E-state index is 11.7. The van der Waals surface area contributed by atoms with E-state index in [9.17, 15) is 14.4 Å². The zero-order valence-electron chi connectivity index (χ0n) is 15.4. The van der Waals surface area contributed by atoms with Gasteiger partial charge in [0.25, 0.3) is 0 Å². The summed E-state index contributed by atoms with van der Waals surface area (Å²) in [5.41, 5.74) is 0. The molecule has 0 saturated carbocycles. The monoisotopic (exact) mass is 526 g/mol. The maximum atomic E-state index is 11.7. The van der Waals surface area contributed by atoms with Crippen LogP contribution in [-0.2, 0) is 33.3 Å². The number of carbonyl (C=O) groups is 3. The molecule has 0 spiro atoms. The third-order valence-electron chi connectivity index (χ3n) is 3.72. The smallest absolute Gasteiger partial charge is 0.303 e.